The third kappa shape index (κ3) is 4.17. The number of H-pyrrole nitrogens is 1. The fraction of sp³-hybridized carbons (Fsp3) is 0.636. The van der Waals surface area contributed by atoms with Gasteiger partial charge in [-0.2, -0.15) is 0 Å². The number of thiophene rings is 1. The molecule has 4 heteroatoms. The molecule has 0 saturated heterocycles. The van der Waals surface area contributed by atoms with Crippen LogP contribution >= 0.6 is 11.3 Å². The molecule has 2 aliphatic rings. The summed E-state index contributed by atoms with van der Waals surface area (Å²) in [5.41, 5.74) is 11.9. The molecule has 2 aromatic rings. The fourth-order valence-corrected chi connectivity index (χ4v) is 5.61. The predicted molar refractivity (Wildman–Crippen MR) is 112 cm³/mol. The molecule has 0 amide bonds. The summed E-state index contributed by atoms with van der Waals surface area (Å²) in [6.07, 6.45) is 11.3. The Kier molecular flexibility index (Phi) is 5.15. The zero-order valence-electron chi connectivity index (χ0n) is 16.3. The van der Waals surface area contributed by atoms with Gasteiger partial charge in [0, 0.05) is 35.3 Å². The minimum absolute atomic E-state index is 0.365. The summed E-state index contributed by atoms with van der Waals surface area (Å²) in [6, 6.07) is 5.40. The van der Waals surface area contributed by atoms with Crippen LogP contribution in [0, 0.1) is 5.41 Å². The second kappa shape index (κ2) is 7.40. The van der Waals surface area contributed by atoms with Crippen molar-refractivity contribution in [3.8, 4) is 0 Å². The average molecular weight is 372 g/mol. The molecule has 1 saturated carbocycles. The van der Waals surface area contributed by atoms with E-state index < -0.39 is 0 Å². The number of hydrogen-bond donors (Lipinski definition) is 3. The summed E-state index contributed by atoms with van der Waals surface area (Å²) >= 11 is 1.93. The molecule has 0 unspecified atom stereocenters. The average Bonchev–Trinajstić information content (AvgIpc) is 3.14. The molecular weight excluding hydrogens is 338 g/mol. The summed E-state index contributed by atoms with van der Waals surface area (Å²) in [5.74, 6) is 0. The molecule has 3 nitrogen and oxygen atoms in total. The lowest BCUT2D eigenvalue weighted by Gasteiger charge is -2.31. The van der Waals surface area contributed by atoms with Gasteiger partial charge in [0.05, 0.1) is 10.2 Å². The monoisotopic (exact) mass is 371 g/mol. The van der Waals surface area contributed by atoms with Crippen LogP contribution in [0.15, 0.2) is 23.4 Å². The zero-order valence-corrected chi connectivity index (χ0v) is 17.1. The van der Waals surface area contributed by atoms with E-state index in [-0.39, 0.29) is 0 Å². The van der Waals surface area contributed by atoms with Gasteiger partial charge in [0.25, 0.3) is 0 Å². The summed E-state index contributed by atoms with van der Waals surface area (Å²) in [4.78, 5) is 5.08. The highest BCUT2D eigenvalue weighted by Gasteiger charge is 2.26. The number of hydrogen-bond acceptors (Lipinski definition) is 3. The van der Waals surface area contributed by atoms with Crippen LogP contribution in [0.2, 0.25) is 0 Å². The van der Waals surface area contributed by atoms with Crippen LogP contribution in [-0.4, -0.2) is 11.0 Å². The van der Waals surface area contributed by atoms with E-state index in [0.29, 0.717) is 5.41 Å². The van der Waals surface area contributed by atoms with E-state index in [4.69, 9.17) is 5.73 Å². The van der Waals surface area contributed by atoms with Crippen molar-refractivity contribution >= 4 is 21.6 Å². The van der Waals surface area contributed by atoms with E-state index in [1.807, 2.05) is 11.3 Å². The van der Waals surface area contributed by atoms with Crippen LogP contribution in [0.1, 0.15) is 75.8 Å². The molecule has 142 valence electrons. The lowest BCUT2D eigenvalue weighted by atomic mass is 9.76. The van der Waals surface area contributed by atoms with Crippen molar-refractivity contribution in [1.29, 1.82) is 0 Å². The second-order valence-corrected chi connectivity index (χ2v) is 10.3. The first-order valence-corrected chi connectivity index (χ1v) is 11.1. The molecule has 0 aliphatic heterocycles. The number of allylic oxidation sites excluding steroid dienone is 2. The van der Waals surface area contributed by atoms with E-state index >= 15 is 0 Å². The molecule has 2 heterocycles. The van der Waals surface area contributed by atoms with Crippen LogP contribution in [0.5, 0.6) is 0 Å². The number of nitrogens with one attached hydrogen (secondary N) is 2. The number of nitrogens with two attached hydrogens (primary N) is 1. The van der Waals surface area contributed by atoms with Crippen LogP contribution in [-0.2, 0) is 13.0 Å². The Morgan fingerprint density at radius 1 is 1.23 bits per heavy atom. The molecule has 0 aromatic carbocycles. The van der Waals surface area contributed by atoms with Gasteiger partial charge in [-0.15, -0.1) is 11.3 Å². The Morgan fingerprint density at radius 2 is 2.04 bits per heavy atom. The van der Waals surface area contributed by atoms with Crippen molar-refractivity contribution in [3.05, 3.63) is 34.0 Å². The van der Waals surface area contributed by atoms with Gasteiger partial charge in [0.1, 0.15) is 0 Å². The molecule has 1 fully saturated rings. The number of aromatic nitrogens is 1. The van der Waals surface area contributed by atoms with Crippen LogP contribution in [0.3, 0.4) is 0 Å². The van der Waals surface area contributed by atoms with E-state index in [2.05, 4.69) is 36.3 Å². The maximum Gasteiger partial charge on any atom is 0.0569 e. The largest absolute Gasteiger partial charge is 0.402 e. The highest BCUT2D eigenvalue weighted by atomic mass is 32.1. The standard InChI is InChI=1S/C22H33N3S/c1-22(2)9-8-15(19(23)13-22)10-17-11-21-20(25-17)12-18(26-21)14-24-16-6-4-3-5-7-16/h11-12,16,24-25H,3-10,13-14,23H2,1-2H3. The number of aromatic amines is 1. The molecule has 0 spiro atoms. The first-order valence-electron chi connectivity index (χ1n) is 10.3. The molecule has 0 bridgehead atoms. The third-order valence-corrected chi connectivity index (χ3v) is 7.30. The maximum absolute atomic E-state index is 6.37. The Bertz CT molecular complexity index is 758. The van der Waals surface area contributed by atoms with Gasteiger partial charge in [-0.3, -0.25) is 0 Å². The molecule has 0 atom stereocenters. The van der Waals surface area contributed by atoms with Crippen molar-refractivity contribution in [2.24, 2.45) is 11.1 Å². The third-order valence-electron chi connectivity index (χ3n) is 6.21. The molecule has 4 N–H and O–H groups in total. The molecule has 4 rings (SSSR count). The van der Waals surface area contributed by atoms with Crippen molar-refractivity contribution in [1.82, 2.24) is 10.3 Å². The molecule has 2 aromatic heterocycles. The minimum atomic E-state index is 0.365. The minimum Gasteiger partial charge on any atom is -0.402 e. The van der Waals surface area contributed by atoms with Crippen molar-refractivity contribution in [2.45, 2.75) is 84.2 Å². The van der Waals surface area contributed by atoms with Crippen LogP contribution < -0.4 is 11.1 Å². The topological polar surface area (TPSA) is 53.8 Å². The number of fused-ring (bicyclic) bond motifs is 1. The van der Waals surface area contributed by atoms with E-state index in [0.717, 1.165) is 37.5 Å². The summed E-state index contributed by atoms with van der Waals surface area (Å²) in [7, 11) is 0. The van der Waals surface area contributed by atoms with E-state index in [1.54, 1.807) is 0 Å². The van der Waals surface area contributed by atoms with Crippen molar-refractivity contribution < 1.29 is 0 Å². The Morgan fingerprint density at radius 3 is 2.77 bits per heavy atom. The molecule has 26 heavy (non-hydrogen) atoms. The Labute approximate surface area is 161 Å². The Hall–Kier alpha value is -1.26. The summed E-state index contributed by atoms with van der Waals surface area (Å²) < 4.78 is 1.38. The van der Waals surface area contributed by atoms with Gasteiger partial charge < -0.3 is 16.0 Å². The molecule has 2 aliphatic carbocycles. The quantitative estimate of drug-likeness (QED) is 0.639. The zero-order chi connectivity index (χ0) is 18.1. The van der Waals surface area contributed by atoms with Gasteiger partial charge in [-0.1, -0.05) is 33.1 Å². The number of rotatable bonds is 5. The first kappa shape index (κ1) is 18.1. The highest BCUT2D eigenvalue weighted by Crippen LogP contribution is 2.38. The van der Waals surface area contributed by atoms with E-state index in [1.165, 1.54) is 64.9 Å². The first-order chi connectivity index (χ1) is 12.5. The maximum atomic E-state index is 6.37. The van der Waals surface area contributed by atoms with Crippen molar-refractivity contribution in [3.63, 3.8) is 0 Å². The molecule has 0 radical (unpaired) electrons. The second-order valence-electron chi connectivity index (χ2n) is 9.15. The van der Waals surface area contributed by atoms with Gasteiger partial charge in [0.15, 0.2) is 0 Å². The van der Waals surface area contributed by atoms with Gasteiger partial charge >= 0.3 is 0 Å². The predicted octanol–water partition coefficient (Wildman–Crippen LogP) is 5.62. The van der Waals surface area contributed by atoms with Gasteiger partial charge in [0.2, 0.25) is 0 Å². The smallest absolute Gasteiger partial charge is 0.0569 e. The Balaban J connectivity index is 1.39. The normalized spacial score (nSPS) is 21.6. The highest BCUT2D eigenvalue weighted by molar-refractivity contribution is 7.19. The van der Waals surface area contributed by atoms with Crippen molar-refractivity contribution in [2.75, 3.05) is 0 Å². The lowest BCUT2D eigenvalue weighted by Crippen LogP contribution is -2.30. The molecular formula is C22H33N3S. The SMILES string of the molecule is CC1(C)CCC(Cc2cc3sc(CNC4CCCCC4)cc3[nH]2)=C(N)C1. The summed E-state index contributed by atoms with van der Waals surface area (Å²) in [5, 5.41) is 3.75. The van der Waals surface area contributed by atoms with Gasteiger partial charge in [-0.25, -0.2) is 0 Å². The summed E-state index contributed by atoms with van der Waals surface area (Å²) in [6.45, 7) is 5.66. The van der Waals surface area contributed by atoms with Crippen LogP contribution in [0.25, 0.3) is 10.2 Å². The lowest BCUT2D eigenvalue weighted by molar-refractivity contribution is 0.310. The van der Waals surface area contributed by atoms with Gasteiger partial charge in [-0.05, 0) is 55.2 Å². The fourth-order valence-electron chi connectivity index (χ4n) is 4.57. The van der Waals surface area contributed by atoms with Crippen LogP contribution in [0.4, 0.5) is 0 Å². The van der Waals surface area contributed by atoms with E-state index in [9.17, 15) is 0 Å².